The van der Waals surface area contributed by atoms with Crippen molar-refractivity contribution in [3.8, 4) is 0 Å². The van der Waals surface area contributed by atoms with Crippen molar-refractivity contribution in [3.05, 3.63) is 90.9 Å². The van der Waals surface area contributed by atoms with Gasteiger partial charge in [-0.15, -0.1) is 11.3 Å². The van der Waals surface area contributed by atoms with E-state index in [0.717, 1.165) is 10.4 Å². The van der Waals surface area contributed by atoms with Crippen LogP contribution in [-0.4, -0.2) is 15.5 Å². The lowest BCUT2D eigenvalue weighted by Crippen LogP contribution is -2.37. The van der Waals surface area contributed by atoms with Crippen molar-refractivity contribution < 1.29 is 4.79 Å². The molecular weight excluding hydrogens is 362 g/mol. The minimum Gasteiger partial charge on any atom is -0.343 e. The second-order valence-corrected chi connectivity index (χ2v) is 7.55. The van der Waals surface area contributed by atoms with Crippen LogP contribution in [0.2, 0.25) is 0 Å². The number of aromatic amines is 1. The lowest BCUT2D eigenvalue weighted by molar-refractivity contribution is -0.122. The highest BCUT2D eigenvalue weighted by molar-refractivity contribution is 7.10. The molecule has 0 saturated carbocycles. The Bertz CT molecular complexity index is 1020. The van der Waals surface area contributed by atoms with Gasteiger partial charge in [0.2, 0.25) is 5.91 Å². The summed E-state index contributed by atoms with van der Waals surface area (Å²) in [5.74, 6) is 0.122. The van der Waals surface area contributed by atoms with Gasteiger partial charge in [0.05, 0.1) is 6.04 Å². The SMILES string of the molecule is CC(C)c1ccc(C(NC(=O)Cn2ccc(=O)[nH]c2=O)c2cccs2)cc1. The highest BCUT2D eigenvalue weighted by Gasteiger charge is 2.18. The van der Waals surface area contributed by atoms with E-state index in [-0.39, 0.29) is 18.5 Å². The van der Waals surface area contributed by atoms with Crippen LogP contribution in [0, 0.1) is 0 Å². The molecule has 1 atom stereocenters. The molecular formula is C20H21N3O3S. The topological polar surface area (TPSA) is 84.0 Å². The van der Waals surface area contributed by atoms with Crippen molar-refractivity contribution in [1.82, 2.24) is 14.9 Å². The molecule has 1 aromatic carbocycles. The third-order valence-electron chi connectivity index (χ3n) is 4.28. The summed E-state index contributed by atoms with van der Waals surface area (Å²) in [4.78, 5) is 38.6. The minimum atomic E-state index is -0.605. The van der Waals surface area contributed by atoms with Crippen LogP contribution in [0.1, 0.15) is 41.8 Å². The molecule has 2 N–H and O–H groups in total. The Labute approximate surface area is 160 Å². The van der Waals surface area contributed by atoms with Crippen molar-refractivity contribution in [2.45, 2.75) is 32.4 Å². The second kappa shape index (κ2) is 8.18. The number of aromatic nitrogens is 2. The van der Waals surface area contributed by atoms with Crippen LogP contribution in [0.5, 0.6) is 0 Å². The van der Waals surface area contributed by atoms with E-state index in [1.165, 1.54) is 22.4 Å². The molecule has 1 unspecified atom stereocenters. The van der Waals surface area contributed by atoms with Gasteiger partial charge in [-0.25, -0.2) is 4.79 Å². The standard InChI is InChI=1S/C20H21N3O3S/c1-13(2)14-5-7-15(8-6-14)19(16-4-3-11-27-16)21-18(25)12-23-10-9-17(24)22-20(23)26/h3-11,13,19H,12H2,1-2H3,(H,21,25)(H,22,24,26). The summed E-state index contributed by atoms with van der Waals surface area (Å²) in [7, 11) is 0. The Balaban J connectivity index is 1.82. The van der Waals surface area contributed by atoms with Gasteiger partial charge >= 0.3 is 5.69 Å². The van der Waals surface area contributed by atoms with E-state index in [1.807, 2.05) is 29.6 Å². The molecule has 3 rings (SSSR count). The van der Waals surface area contributed by atoms with Crippen molar-refractivity contribution >= 4 is 17.2 Å². The maximum atomic E-state index is 12.5. The van der Waals surface area contributed by atoms with Crippen LogP contribution >= 0.6 is 11.3 Å². The van der Waals surface area contributed by atoms with Crippen LogP contribution in [0.25, 0.3) is 0 Å². The van der Waals surface area contributed by atoms with E-state index < -0.39 is 11.2 Å². The van der Waals surface area contributed by atoms with Crippen LogP contribution < -0.4 is 16.6 Å². The molecule has 1 amide bonds. The summed E-state index contributed by atoms with van der Waals surface area (Å²) in [6, 6.07) is 13.0. The fourth-order valence-corrected chi connectivity index (χ4v) is 3.58. The zero-order chi connectivity index (χ0) is 19.4. The van der Waals surface area contributed by atoms with E-state index in [0.29, 0.717) is 5.92 Å². The summed E-state index contributed by atoms with van der Waals surface area (Å²) in [5.41, 5.74) is 1.11. The first-order chi connectivity index (χ1) is 12.9. The van der Waals surface area contributed by atoms with Crippen LogP contribution in [0.15, 0.2) is 63.6 Å². The van der Waals surface area contributed by atoms with Gasteiger partial charge < -0.3 is 5.32 Å². The number of hydrogen-bond acceptors (Lipinski definition) is 4. The lowest BCUT2D eigenvalue weighted by Gasteiger charge is -2.19. The Kier molecular flexibility index (Phi) is 5.71. The number of amides is 1. The molecule has 7 heteroatoms. The molecule has 0 radical (unpaired) electrons. The van der Waals surface area contributed by atoms with Gasteiger partial charge in [-0.1, -0.05) is 44.2 Å². The largest absolute Gasteiger partial charge is 0.343 e. The van der Waals surface area contributed by atoms with E-state index in [1.54, 1.807) is 11.3 Å². The smallest absolute Gasteiger partial charge is 0.328 e. The maximum Gasteiger partial charge on any atom is 0.328 e. The Hall–Kier alpha value is -2.93. The van der Waals surface area contributed by atoms with Crippen LogP contribution in [0.3, 0.4) is 0 Å². The third-order valence-corrected chi connectivity index (χ3v) is 5.22. The number of carbonyl (C=O) groups excluding carboxylic acids is 1. The van der Waals surface area contributed by atoms with Gasteiger partial charge in [0.1, 0.15) is 6.54 Å². The highest BCUT2D eigenvalue weighted by Crippen LogP contribution is 2.27. The number of H-pyrrole nitrogens is 1. The van der Waals surface area contributed by atoms with Gasteiger partial charge in [-0.2, -0.15) is 0 Å². The number of nitrogens with one attached hydrogen (secondary N) is 2. The van der Waals surface area contributed by atoms with Crippen molar-refractivity contribution in [2.24, 2.45) is 0 Å². The number of rotatable bonds is 6. The van der Waals surface area contributed by atoms with Crippen molar-refractivity contribution in [2.75, 3.05) is 0 Å². The Morgan fingerprint density at radius 1 is 1.11 bits per heavy atom. The first-order valence-corrected chi connectivity index (χ1v) is 9.54. The van der Waals surface area contributed by atoms with Crippen molar-refractivity contribution in [3.63, 3.8) is 0 Å². The number of benzene rings is 1. The fourth-order valence-electron chi connectivity index (χ4n) is 2.78. The lowest BCUT2D eigenvalue weighted by atomic mass is 9.98. The van der Waals surface area contributed by atoms with Crippen molar-refractivity contribution in [1.29, 1.82) is 0 Å². The average Bonchev–Trinajstić information content (AvgIpc) is 3.16. The molecule has 0 aliphatic rings. The summed E-state index contributed by atoms with van der Waals surface area (Å²) in [6.45, 7) is 4.10. The van der Waals surface area contributed by atoms with Gasteiger partial charge in [-0.05, 0) is 28.5 Å². The Morgan fingerprint density at radius 2 is 1.81 bits per heavy atom. The minimum absolute atomic E-state index is 0.165. The number of carbonyl (C=O) groups is 1. The number of thiophene rings is 1. The van der Waals surface area contributed by atoms with E-state index in [9.17, 15) is 14.4 Å². The van der Waals surface area contributed by atoms with Gasteiger partial charge in [0, 0.05) is 17.1 Å². The molecule has 2 heterocycles. The molecule has 0 spiro atoms. The molecule has 140 valence electrons. The summed E-state index contributed by atoms with van der Waals surface area (Å²) < 4.78 is 1.17. The highest BCUT2D eigenvalue weighted by atomic mass is 32.1. The molecule has 0 fully saturated rings. The molecule has 2 aromatic heterocycles. The Morgan fingerprint density at radius 3 is 2.41 bits per heavy atom. The first-order valence-electron chi connectivity index (χ1n) is 8.66. The number of hydrogen-bond donors (Lipinski definition) is 2. The third kappa shape index (κ3) is 4.62. The molecule has 0 saturated heterocycles. The maximum absolute atomic E-state index is 12.5. The monoisotopic (exact) mass is 383 g/mol. The fraction of sp³-hybridized carbons (Fsp3) is 0.250. The van der Waals surface area contributed by atoms with E-state index >= 15 is 0 Å². The molecule has 0 aliphatic carbocycles. The summed E-state index contributed by atoms with van der Waals surface area (Å²) in [6.07, 6.45) is 1.32. The first kappa shape index (κ1) is 18.8. The second-order valence-electron chi connectivity index (χ2n) is 6.58. The average molecular weight is 383 g/mol. The van der Waals surface area contributed by atoms with Crippen LogP contribution in [-0.2, 0) is 11.3 Å². The van der Waals surface area contributed by atoms with E-state index in [2.05, 4.69) is 36.3 Å². The zero-order valence-corrected chi connectivity index (χ0v) is 16.0. The predicted octanol–water partition coefficient (Wildman–Crippen LogP) is 2.63. The normalized spacial score (nSPS) is 12.1. The summed E-state index contributed by atoms with van der Waals surface area (Å²) in [5, 5.41) is 4.96. The van der Waals surface area contributed by atoms with Gasteiger partial charge in [0.15, 0.2) is 0 Å². The van der Waals surface area contributed by atoms with Gasteiger partial charge in [-0.3, -0.25) is 19.1 Å². The molecule has 0 aliphatic heterocycles. The molecule has 3 aromatic rings. The molecule has 27 heavy (non-hydrogen) atoms. The van der Waals surface area contributed by atoms with Crippen LogP contribution in [0.4, 0.5) is 0 Å². The quantitative estimate of drug-likeness (QED) is 0.686. The van der Waals surface area contributed by atoms with Gasteiger partial charge in [0.25, 0.3) is 5.56 Å². The zero-order valence-electron chi connectivity index (χ0n) is 15.1. The predicted molar refractivity (Wildman–Crippen MR) is 106 cm³/mol. The molecule has 0 bridgehead atoms. The number of nitrogens with zero attached hydrogens (tertiary/aromatic N) is 1. The summed E-state index contributed by atoms with van der Waals surface area (Å²) >= 11 is 1.56. The molecule has 6 nitrogen and oxygen atoms in total. The van der Waals surface area contributed by atoms with E-state index in [4.69, 9.17) is 0 Å².